The second-order valence-corrected chi connectivity index (χ2v) is 5.93. The molecule has 2 aromatic rings. The summed E-state index contributed by atoms with van der Waals surface area (Å²) in [5, 5.41) is 4.44. The minimum atomic E-state index is 0.0704. The van der Waals surface area contributed by atoms with Crippen molar-refractivity contribution < 1.29 is 0 Å². The number of fused-ring (bicyclic) bond motifs is 1. The highest BCUT2D eigenvalue weighted by molar-refractivity contribution is 5.91. The molecule has 1 aliphatic rings. The van der Waals surface area contributed by atoms with Gasteiger partial charge in [-0.3, -0.25) is 4.79 Å². The van der Waals surface area contributed by atoms with Crippen LogP contribution in [0.5, 0.6) is 0 Å². The first-order chi connectivity index (χ1) is 10.2. The van der Waals surface area contributed by atoms with Gasteiger partial charge in [0.2, 0.25) is 0 Å². The number of nitrogens with one attached hydrogen (secondary N) is 1. The van der Waals surface area contributed by atoms with E-state index in [1.807, 2.05) is 32.3 Å². The lowest BCUT2D eigenvalue weighted by molar-refractivity contribution is 0.394. The van der Waals surface area contributed by atoms with E-state index < -0.39 is 0 Å². The van der Waals surface area contributed by atoms with Gasteiger partial charge in [-0.15, -0.1) is 0 Å². The molecular weight excluding hydrogens is 262 g/mol. The molecule has 0 bridgehead atoms. The molecule has 0 atom stereocenters. The van der Waals surface area contributed by atoms with Crippen molar-refractivity contribution in [3.8, 4) is 0 Å². The van der Waals surface area contributed by atoms with Crippen LogP contribution in [0.1, 0.15) is 12.8 Å². The molecular formula is C17H23N3O. The third-order valence-corrected chi connectivity index (χ3v) is 4.58. The summed E-state index contributed by atoms with van der Waals surface area (Å²) in [5.41, 5.74) is 2.18. The first kappa shape index (κ1) is 14.1. The van der Waals surface area contributed by atoms with Crippen molar-refractivity contribution in [1.29, 1.82) is 0 Å². The second kappa shape index (κ2) is 5.90. The number of rotatable bonds is 3. The van der Waals surface area contributed by atoms with Crippen molar-refractivity contribution in [1.82, 2.24) is 9.88 Å². The Kier molecular flexibility index (Phi) is 3.97. The number of aryl methyl sites for hydroxylation is 1. The zero-order valence-electron chi connectivity index (χ0n) is 12.8. The van der Waals surface area contributed by atoms with E-state index in [9.17, 15) is 4.79 Å². The Labute approximate surface area is 125 Å². The minimum Gasteiger partial charge on any atom is -0.371 e. The van der Waals surface area contributed by atoms with E-state index in [1.165, 1.54) is 18.2 Å². The van der Waals surface area contributed by atoms with Gasteiger partial charge in [0.1, 0.15) is 0 Å². The molecule has 2 heterocycles. The molecule has 1 aromatic carbocycles. The van der Waals surface area contributed by atoms with Crippen LogP contribution in [0.3, 0.4) is 0 Å². The van der Waals surface area contributed by atoms with Crippen LogP contribution in [-0.2, 0) is 7.05 Å². The van der Waals surface area contributed by atoms with Crippen molar-refractivity contribution in [2.24, 2.45) is 13.0 Å². The number of para-hydroxylation sites is 1. The standard InChI is InChI=1S/C17H23N3O/c1-18-12-13-7-9-20(10-8-13)16-11-17(21)19(2)15-6-4-3-5-14(15)16/h3-6,11,13,18H,7-10,12H2,1-2H3. The molecule has 1 saturated heterocycles. The molecule has 0 radical (unpaired) electrons. The average molecular weight is 285 g/mol. The van der Waals surface area contributed by atoms with Gasteiger partial charge in [0.25, 0.3) is 5.56 Å². The molecule has 1 aliphatic heterocycles. The molecule has 21 heavy (non-hydrogen) atoms. The maximum Gasteiger partial charge on any atom is 0.252 e. The lowest BCUT2D eigenvalue weighted by Gasteiger charge is -2.34. The number of piperidine rings is 1. The van der Waals surface area contributed by atoms with Gasteiger partial charge in [-0.1, -0.05) is 18.2 Å². The van der Waals surface area contributed by atoms with Crippen LogP contribution >= 0.6 is 0 Å². The summed E-state index contributed by atoms with van der Waals surface area (Å²) >= 11 is 0. The predicted octanol–water partition coefficient (Wildman–Crippen LogP) is 1.97. The van der Waals surface area contributed by atoms with Gasteiger partial charge >= 0.3 is 0 Å². The van der Waals surface area contributed by atoms with Crippen LogP contribution in [0, 0.1) is 5.92 Å². The molecule has 4 heteroatoms. The Morgan fingerprint density at radius 3 is 2.67 bits per heavy atom. The largest absolute Gasteiger partial charge is 0.371 e. The Bertz CT molecular complexity index is 684. The van der Waals surface area contributed by atoms with Crippen molar-refractivity contribution in [2.45, 2.75) is 12.8 Å². The summed E-state index contributed by atoms with van der Waals surface area (Å²) in [5.74, 6) is 0.754. The Hall–Kier alpha value is -1.81. The van der Waals surface area contributed by atoms with Crippen LogP contribution in [0.2, 0.25) is 0 Å². The molecule has 0 unspecified atom stereocenters. The minimum absolute atomic E-state index is 0.0704. The third-order valence-electron chi connectivity index (χ3n) is 4.58. The lowest BCUT2D eigenvalue weighted by atomic mass is 9.96. The SMILES string of the molecule is CNCC1CCN(c2cc(=O)n(C)c3ccccc23)CC1. The smallest absolute Gasteiger partial charge is 0.252 e. The summed E-state index contributed by atoms with van der Waals surface area (Å²) in [6.45, 7) is 3.15. The van der Waals surface area contributed by atoms with E-state index in [0.29, 0.717) is 0 Å². The number of anilines is 1. The van der Waals surface area contributed by atoms with E-state index in [-0.39, 0.29) is 5.56 Å². The molecule has 3 rings (SSSR count). The number of aromatic nitrogens is 1. The zero-order chi connectivity index (χ0) is 14.8. The van der Waals surface area contributed by atoms with Crippen LogP contribution in [0.4, 0.5) is 5.69 Å². The van der Waals surface area contributed by atoms with Crippen molar-refractivity contribution in [3.63, 3.8) is 0 Å². The Morgan fingerprint density at radius 2 is 1.95 bits per heavy atom. The number of benzene rings is 1. The van der Waals surface area contributed by atoms with Crippen LogP contribution in [0.15, 0.2) is 35.1 Å². The van der Waals surface area contributed by atoms with Gasteiger partial charge in [0, 0.05) is 31.6 Å². The summed E-state index contributed by atoms with van der Waals surface area (Å²) in [6.07, 6.45) is 2.37. The molecule has 4 nitrogen and oxygen atoms in total. The average Bonchev–Trinajstić information content (AvgIpc) is 2.52. The molecule has 112 valence electrons. The van der Waals surface area contributed by atoms with Crippen LogP contribution in [0.25, 0.3) is 10.9 Å². The molecule has 1 N–H and O–H groups in total. The number of pyridine rings is 1. The van der Waals surface area contributed by atoms with Gasteiger partial charge < -0.3 is 14.8 Å². The molecule has 1 fully saturated rings. The fraction of sp³-hybridized carbons (Fsp3) is 0.471. The van der Waals surface area contributed by atoms with Gasteiger partial charge in [0.15, 0.2) is 0 Å². The quantitative estimate of drug-likeness (QED) is 0.937. The van der Waals surface area contributed by atoms with Gasteiger partial charge in [-0.2, -0.15) is 0 Å². The third kappa shape index (κ3) is 2.68. The normalized spacial score (nSPS) is 16.6. The van der Waals surface area contributed by atoms with E-state index in [4.69, 9.17) is 0 Å². The highest BCUT2D eigenvalue weighted by atomic mass is 16.1. The fourth-order valence-corrected chi connectivity index (χ4v) is 3.32. The summed E-state index contributed by atoms with van der Waals surface area (Å²) in [4.78, 5) is 14.6. The Balaban J connectivity index is 1.95. The maximum absolute atomic E-state index is 12.2. The van der Waals surface area contributed by atoms with Gasteiger partial charge in [-0.05, 0) is 38.4 Å². The summed E-state index contributed by atoms with van der Waals surface area (Å²) in [6, 6.07) is 9.97. The monoisotopic (exact) mass is 285 g/mol. The van der Waals surface area contributed by atoms with Crippen molar-refractivity contribution in [2.75, 3.05) is 31.6 Å². The predicted molar refractivity (Wildman–Crippen MR) is 88.1 cm³/mol. The maximum atomic E-state index is 12.2. The fourth-order valence-electron chi connectivity index (χ4n) is 3.32. The molecule has 0 spiro atoms. The van der Waals surface area contributed by atoms with E-state index in [2.05, 4.69) is 16.3 Å². The van der Waals surface area contributed by atoms with Gasteiger partial charge in [0.05, 0.1) is 11.2 Å². The molecule has 0 saturated carbocycles. The molecule has 0 aliphatic carbocycles. The van der Waals surface area contributed by atoms with Crippen molar-refractivity contribution >= 4 is 16.6 Å². The Morgan fingerprint density at radius 1 is 1.24 bits per heavy atom. The first-order valence-electron chi connectivity index (χ1n) is 7.69. The topological polar surface area (TPSA) is 37.3 Å². The van der Waals surface area contributed by atoms with Crippen LogP contribution < -0.4 is 15.8 Å². The number of hydrogen-bond donors (Lipinski definition) is 1. The zero-order valence-corrected chi connectivity index (χ0v) is 12.8. The van der Waals surface area contributed by atoms with E-state index in [0.717, 1.165) is 36.8 Å². The number of hydrogen-bond acceptors (Lipinski definition) is 3. The van der Waals surface area contributed by atoms with Crippen LogP contribution in [-0.4, -0.2) is 31.2 Å². The molecule has 1 aromatic heterocycles. The van der Waals surface area contributed by atoms with Gasteiger partial charge in [-0.25, -0.2) is 0 Å². The highest BCUT2D eigenvalue weighted by Crippen LogP contribution is 2.28. The first-order valence-corrected chi connectivity index (χ1v) is 7.69. The second-order valence-electron chi connectivity index (χ2n) is 5.93. The summed E-state index contributed by atoms with van der Waals surface area (Å²) < 4.78 is 1.73. The number of nitrogens with zero attached hydrogens (tertiary/aromatic N) is 2. The lowest BCUT2D eigenvalue weighted by Crippen LogP contribution is -2.37. The summed E-state index contributed by atoms with van der Waals surface area (Å²) in [7, 11) is 3.86. The van der Waals surface area contributed by atoms with E-state index in [1.54, 1.807) is 10.6 Å². The van der Waals surface area contributed by atoms with Crippen molar-refractivity contribution in [3.05, 3.63) is 40.7 Å². The van der Waals surface area contributed by atoms with E-state index >= 15 is 0 Å². The molecule has 0 amide bonds. The highest BCUT2D eigenvalue weighted by Gasteiger charge is 2.21.